The fourth-order valence-electron chi connectivity index (χ4n) is 3.86. The van der Waals surface area contributed by atoms with E-state index < -0.39 is 0 Å². The molecule has 7 heteroatoms. The predicted molar refractivity (Wildman–Crippen MR) is 112 cm³/mol. The number of hydrogen-bond acceptors (Lipinski definition) is 4. The molecular formula is C23H25F2N5. The highest BCUT2D eigenvalue weighted by Gasteiger charge is 2.32. The molecule has 1 aliphatic heterocycles. The molecule has 1 atom stereocenters. The number of hydrogen-bond donors (Lipinski definition) is 0. The summed E-state index contributed by atoms with van der Waals surface area (Å²) in [5, 5.41) is 12.5. The van der Waals surface area contributed by atoms with Gasteiger partial charge in [0.1, 0.15) is 11.6 Å². The molecule has 0 saturated heterocycles. The van der Waals surface area contributed by atoms with Gasteiger partial charge in [-0.2, -0.15) is 0 Å². The topological polar surface area (TPSA) is 46.8 Å². The Bertz CT molecular complexity index is 1030. The summed E-state index contributed by atoms with van der Waals surface area (Å²) in [6, 6.07) is 12.9. The zero-order valence-corrected chi connectivity index (χ0v) is 17.4. The second-order valence-corrected chi connectivity index (χ2v) is 8.55. The third-order valence-electron chi connectivity index (χ3n) is 5.38. The summed E-state index contributed by atoms with van der Waals surface area (Å²) in [7, 11) is 0. The van der Waals surface area contributed by atoms with Gasteiger partial charge in [0.2, 0.25) is 0 Å². The first-order chi connectivity index (χ1) is 14.3. The van der Waals surface area contributed by atoms with E-state index in [4.69, 9.17) is 0 Å². The molecule has 1 aromatic heterocycles. The van der Waals surface area contributed by atoms with Gasteiger partial charge in [-0.05, 0) is 78.6 Å². The van der Waals surface area contributed by atoms with Crippen LogP contribution in [0.1, 0.15) is 50.2 Å². The highest BCUT2D eigenvalue weighted by molar-refractivity contribution is 5.66. The molecule has 5 nitrogen and oxygen atoms in total. The highest BCUT2D eigenvalue weighted by Crippen LogP contribution is 2.33. The Hall–Kier alpha value is -2.93. The Morgan fingerprint density at radius 2 is 1.57 bits per heavy atom. The second-order valence-electron chi connectivity index (χ2n) is 8.55. The van der Waals surface area contributed by atoms with Crippen molar-refractivity contribution >= 4 is 5.57 Å². The lowest BCUT2D eigenvalue weighted by Crippen LogP contribution is -2.37. The lowest BCUT2D eigenvalue weighted by molar-refractivity contribution is 0.220. The van der Waals surface area contributed by atoms with Crippen molar-refractivity contribution in [1.29, 1.82) is 0 Å². The highest BCUT2D eigenvalue weighted by atomic mass is 19.1. The van der Waals surface area contributed by atoms with Crippen molar-refractivity contribution < 1.29 is 8.78 Å². The van der Waals surface area contributed by atoms with Crippen molar-refractivity contribution in [1.82, 2.24) is 25.1 Å². The third kappa shape index (κ3) is 4.16. The van der Waals surface area contributed by atoms with Gasteiger partial charge in [-0.1, -0.05) is 30.3 Å². The summed E-state index contributed by atoms with van der Waals surface area (Å²) in [6.07, 6.45) is 2.99. The number of nitrogens with zero attached hydrogens (tertiary/aromatic N) is 5. The Balaban J connectivity index is 1.68. The summed E-state index contributed by atoms with van der Waals surface area (Å²) < 4.78 is 28.7. The fraction of sp³-hybridized carbons (Fsp3) is 0.348. The molecule has 0 N–H and O–H groups in total. The Morgan fingerprint density at radius 1 is 0.933 bits per heavy atom. The van der Waals surface area contributed by atoms with E-state index in [9.17, 15) is 8.78 Å². The number of benzene rings is 2. The van der Waals surface area contributed by atoms with E-state index in [1.54, 1.807) is 12.1 Å². The minimum absolute atomic E-state index is 0.203. The van der Waals surface area contributed by atoms with Gasteiger partial charge < -0.3 is 0 Å². The number of aromatic nitrogens is 4. The van der Waals surface area contributed by atoms with Crippen molar-refractivity contribution in [2.45, 2.75) is 38.8 Å². The number of tetrazole rings is 1. The van der Waals surface area contributed by atoms with Gasteiger partial charge in [-0.25, -0.2) is 13.5 Å². The average Bonchev–Trinajstić information content (AvgIpc) is 3.21. The molecule has 4 rings (SSSR count). The van der Waals surface area contributed by atoms with Crippen LogP contribution in [0.15, 0.2) is 54.6 Å². The van der Waals surface area contributed by atoms with Gasteiger partial charge in [0, 0.05) is 13.1 Å². The maximum atomic E-state index is 13.6. The standard InChI is InChI=1S/C23H25F2N5/c1-23(2,3)30-22(26-27-28-30)21(18-6-10-20(25)11-7-18)29-14-12-17(13-15-29)16-4-8-19(24)9-5-16/h4-12,21H,13-15H2,1-3H3. The van der Waals surface area contributed by atoms with E-state index in [0.29, 0.717) is 6.54 Å². The minimum atomic E-state index is -0.290. The molecule has 0 fully saturated rings. The Kier molecular flexibility index (Phi) is 5.47. The lowest BCUT2D eigenvalue weighted by atomic mass is 9.96. The average molecular weight is 409 g/mol. The number of rotatable bonds is 4. The van der Waals surface area contributed by atoms with Crippen LogP contribution in [0.5, 0.6) is 0 Å². The first kappa shape index (κ1) is 20.3. The molecule has 0 bridgehead atoms. The zero-order valence-electron chi connectivity index (χ0n) is 17.4. The normalized spacial score (nSPS) is 16.4. The van der Waals surface area contributed by atoms with Crippen LogP contribution in [0.4, 0.5) is 8.78 Å². The molecule has 0 spiro atoms. The summed E-state index contributed by atoms with van der Waals surface area (Å²) in [5.74, 6) is 0.222. The third-order valence-corrected chi connectivity index (χ3v) is 5.38. The smallest absolute Gasteiger partial charge is 0.173 e. The number of halogens is 2. The van der Waals surface area contributed by atoms with Crippen LogP contribution in [0, 0.1) is 11.6 Å². The summed E-state index contributed by atoms with van der Waals surface area (Å²) in [6.45, 7) is 7.62. The maximum Gasteiger partial charge on any atom is 0.173 e. The first-order valence-electron chi connectivity index (χ1n) is 10.1. The van der Waals surface area contributed by atoms with E-state index in [-0.39, 0.29) is 23.2 Å². The van der Waals surface area contributed by atoms with E-state index >= 15 is 0 Å². The molecule has 30 heavy (non-hydrogen) atoms. The van der Waals surface area contributed by atoms with E-state index in [1.165, 1.54) is 29.8 Å². The molecule has 156 valence electrons. The van der Waals surface area contributed by atoms with Crippen LogP contribution >= 0.6 is 0 Å². The van der Waals surface area contributed by atoms with E-state index in [0.717, 1.165) is 29.9 Å². The van der Waals surface area contributed by atoms with Crippen LogP contribution < -0.4 is 0 Å². The Morgan fingerprint density at radius 3 is 2.13 bits per heavy atom. The fourth-order valence-corrected chi connectivity index (χ4v) is 3.86. The quantitative estimate of drug-likeness (QED) is 0.633. The second kappa shape index (κ2) is 8.07. The molecule has 2 aromatic carbocycles. The molecule has 2 heterocycles. The van der Waals surface area contributed by atoms with Crippen LogP contribution in [-0.2, 0) is 5.54 Å². The lowest BCUT2D eigenvalue weighted by Gasteiger charge is -2.35. The zero-order chi connectivity index (χ0) is 21.3. The van der Waals surface area contributed by atoms with Gasteiger partial charge in [0.05, 0.1) is 11.6 Å². The predicted octanol–water partition coefficient (Wildman–Crippen LogP) is 4.59. The van der Waals surface area contributed by atoms with Gasteiger partial charge in [-0.15, -0.1) is 5.10 Å². The summed E-state index contributed by atoms with van der Waals surface area (Å²) in [5.41, 5.74) is 2.88. The molecular weight excluding hydrogens is 384 g/mol. The minimum Gasteiger partial charge on any atom is -0.286 e. The van der Waals surface area contributed by atoms with Crippen molar-refractivity contribution in [2.75, 3.05) is 13.1 Å². The first-order valence-corrected chi connectivity index (χ1v) is 10.1. The van der Waals surface area contributed by atoms with Crippen LogP contribution in [0.2, 0.25) is 0 Å². The van der Waals surface area contributed by atoms with Crippen LogP contribution in [0.25, 0.3) is 5.57 Å². The molecule has 0 radical (unpaired) electrons. The Labute approximate surface area is 175 Å². The molecule has 0 amide bonds. The molecule has 0 aliphatic carbocycles. The van der Waals surface area contributed by atoms with E-state index in [1.807, 2.05) is 16.8 Å². The molecule has 3 aromatic rings. The van der Waals surface area contributed by atoms with Crippen LogP contribution in [-0.4, -0.2) is 38.2 Å². The van der Waals surface area contributed by atoms with Crippen molar-refractivity contribution in [2.24, 2.45) is 0 Å². The van der Waals surface area contributed by atoms with Gasteiger partial charge in [-0.3, -0.25) is 4.90 Å². The molecule has 1 aliphatic rings. The van der Waals surface area contributed by atoms with Crippen LogP contribution in [0.3, 0.4) is 0 Å². The molecule has 1 unspecified atom stereocenters. The van der Waals surface area contributed by atoms with Crippen molar-refractivity contribution in [3.63, 3.8) is 0 Å². The largest absolute Gasteiger partial charge is 0.286 e. The van der Waals surface area contributed by atoms with E-state index in [2.05, 4.69) is 47.3 Å². The van der Waals surface area contributed by atoms with Gasteiger partial charge >= 0.3 is 0 Å². The maximum absolute atomic E-state index is 13.6. The molecule has 0 saturated carbocycles. The summed E-state index contributed by atoms with van der Waals surface area (Å²) >= 11 is 0. The SMILES string of the molecule is CC(C)(C)n1nnnc1C(c1ccc(F)cc1)N1CC=C(c2ccc(F)cc2)CC1. The van der Waals surface area contributed by atoms with Gasteiger partial charge in [0.25, 0.3) is 0 Å². The van der Waals surface area contributed by atoms with Crippen molar-refractivity contribution in [3.05, 3.63) is 83.2 Å². The van der Waals surface area contributed by atoms with Crippen molar-refractivity contribution in [3.8, 4) is 0 Å². The van der Waals surface area contributed by atoms with Gasteiger partial charge in [0.15, 0.2) is 5.82 Å². The summed E-state index contributed by atoms with van der Waals surface area (Å²) in [4.78, 5) is 2.29. The monoisotopic (exact) mass is 409 g/mol.